The van der Waals surface area contributed by atoms with Crippen molar-refractivity contribution in [1.82, 2.24) is 14.9 Å². The number of benzene rings is 2. The normalized spacial score (nSPS) is 14.7. The molecule has 0 atom stereocenters. The van der Waals surface area contributed by atoms with Gasteiger partial charge in [-0.1, -0.05) is 18.2 Å². The van der Waals surface area contributed by atoms with Gasteiger partial charge >= 0.3 is 0 Å². The molecule has 0 radical (unpaired) electrons. The van der Waals surface area contributed by atoms with Crippen molar-refractivity contribution in [3.8, 4) is 23.1 Å². The zero-order valence-electron chi connectivity index (χ0n) is 16.5. The van der Waals surface area contributed by atoms with Crippen molar-refractivity contribution >= 4 is 10.9 Å². The maximum absolute atomic E-state index is 6.00. The number of para-hydroxylation sites is 1. The third-order valence-electron chi connectivity index (χ3n) is 4.82. The Kier molecular flexibility index (Phi) is 6.38. The van der Waals surface area contributed by atoms with Crippen LogP contribution >= 0.6 is 0 Å². The van der Waals surface area contributed by atoms with Crippen LogP contribution in [0, 0.1) is 0 Å². The molecule has 7 heteroatoms. The van der Waals surface area contributed by atoms with Crippen molar-refractivity contribution in [3.05, 3.63) is 48.8 Å². The topological polar surface area (TPSA) is 65.9 Å². The van der Waals surface area contributed by atoms with Crippen molar-refractivity contribution in [2.45, 2.75) is 6.42 Å². The average molecular weight is 395 g/mol. The summed E-state index contributed by atoms with van der Waals surface area (Å²) in [5.74, 6) is 2.51. The summed E-state index contributed by atoms with van der Waals surface area (Å²) in [6.07, 6.45) is 2.43. The number of fused-ring (bicyclic) bond motifs is 1. The van der Waals surface area contributed by atoms with Crippen molar-refractivity contribution in [2.75, 3.05) is 46.6 Å². The van der Waals surface area contributed by atoms with Gasteiger partial charge in [0.1, 0.15) is 12.1 Å². The molecular weight excluding hydrogens is 370 g/mol. The van der Waals surface area contributed by atoms with Crippen molar-refractivity contribution < 1.29 is 18.9 Å². The predicted molar refractivity (Wildman–Crippen MR) is 110 cm³/mol. The van der Waals surface area contributed by atoms with Crippen LogP contribution in [0.1, 0.15) is 6.42 Å². The van der Waals surface area contributed by atoms with E-state index in [9.17, 15) is 0 Å². The smallest absolute Gasteiger partial charge is 0.230 e. The largest absolute Gasteiger partial charge is 0.493 e. The van der Waals surface area contributed by atoms with Crippen molar-refractivity contribution in [1.29, 1.82) is 0 Å². The highest BCUT2D eigenvalue weighted by Gasteiger charge is 2.14. The van der Waals surface area contributed by atoms with Gasteiger partial charge in [-0.05, 0) is 24.6 Å². The van der Waals surface area contributed by atoms with E-state index in [-0.39, 0.29) is 0 Å². The van der Waals surface area contributed by atoms with E-state index in [1.807, 2.05) is 42.5 Å². The molecule has 1 aliphatic heterocycles. The van der Waals surface area contributed by atoms with E-state index >= 15 is 0 Å². The van der Waals surface area contributed by atoms with Crippen LogP contribution in [0.15, 0.2) is 48.8 Å². The fourth-order valence-electron chi connectivity index (χ4n) is 3.29. The summed E-state index contributed by atoms with van der Waals surface area (Å²) < 4.78 is 22.9. The highest BCUT2D eigenvalue weighted by atomic mass is 16.5. The second-order valence-corrected chi connectivity index (χ2v) is 6.77. The first kappa shape index (κ1) is 19.4. The highest BCUT2D eigenvalue weighted by molar-refractivity contribution is 5.87. The molecule has 29 heavy (non-hydrogen) atoms. The molecule has 4 rings (SSSR count). The van der Waals surface area contributed by atoms with Gasteiger partial charge < -0.3 is 18.9 Å². The Hall–Kier alpha value is -2.90. The first-order valence-corrected chi connectivity index (χ1v) is 9.82. The first-order chi connectivity index (χ1) is 14.3. The van der Waals surface area contributed by atoms with Gasteiger partial charge in [-0.15, -0.1) is 0 Å². The minimum absolute atomic E-state index is 0.485. The number of morpholine rings is 1. The fraction of sp³-hybridized carbons (Fsp3) is 0.364. The van der Waals surface area contributed by atoms with Gasteiger partial charge in [-0.3, -0.25) is 4.90 Å². The predicted octanol–water partition coefficient (Wildman–Crippen LogP) is 3.53. The first-order valence-electron chi connectivity index (χ1n) is 9.82. The molecule has 0 bridgehead atoms. The van der Waals surface area contributed by atoms with Crippen molar-refractivity contribution in [3.63, 3.8) is 0 Å². The molecule has 1 fully saturated rings. The molecular formula is C22H25N3O4. The van der Waals surface area contributed by atoms with Crippen LogP contribution in [0.2, 0.25) is 0 Å². The molecule has 2 aromatic carbocycles. The van der Waals surface area contributed by atoms with E-state index in [1.165, 1.54) is 6.33 Å². The lowest BCUT2D eigenvalue weighted by atomic mass is 10.2. The van der Waals surface area contributed by atoms with Gasteiger partial charge in [-0.25, -0.2) is 9.97 Å². The van der Waals surface area contributed by atoms with Gasteiger partial charge in [0.25, 0.3) is 0 Å². The summed E-state index contributed by atoms with van der Waals surface area (Å²) in [5.41, 5.74) is 0.745. The summed E-state index contributed by atoms with van der Waals surface area (Å²) in [5, 5.41) is 0.772. The summed E-state index contributed by atoms with van der Waals surface area (Å²) in [4.78, 5) is 11.1. The van der Waals surface area contributed by atoms with E-state index in [4.69, 9.17) is 18.9 Å². The maximum Gasteiger partial charge on any atom is 0.230 e. The fourth-order valence-corrected chi connectivity index (χ4v) is 3.29. The van der Waals surface area contributed by atoms with Gasteiger partial charge in [0, 0.05) is 25.7 Å². The molecule has 1 aliphatic rings. The number of hydrogen-bond acceptors (Lipinski definition) is 7. The number of hydrogen-bond donors (Lipinski definition) is 0. The van der Waals surface area contributed by atoms with Crippen LogP contribution in [-0.4, -0.2) is 61.4 Å². The van der Waals surface area contributed by atoms with Gasteiger partial charge in [0.15, 0.2) is 11.5 Å². The Labute approximate surface area is 170 Å². The van der Waals surface area contributed by atoms with E-state index in [1.54, 1.807) is 7.11 Å². The molecule has 1 aromatic heterocycles. The summed E-state index contributed by atoms with van der Waals surface area (Å²) in [7, 11) is 1.63. The zero-order valence-corrected chi connectivity index (χ0v) is 16.5. The lowest BCUT2D eigenvalue weighted by Crippen LogP contribution is -2.37. The van der Waals surface area contributed by atoms with E-state index in [0.717, 1.165) is 55.9 Å². The Morgan fingerprint density at radius 2 is 1.86 bits per heavy atom. The lowest BCUT2D eigenvalue weighted by molar-refractivity contribution is 0.0357. The second-order valence-electron chi connectivity index (χ2n) is 6.77. The van der Waals surface area contributed by atoms with E-state index < -0.39 is 0 Å². The second kappa shape index (κ2) is 9.54. The Balaban J connectivity index is 1.46. The van der Waals surface area contributed by atoms with Gasteiger partial charge in [0.2, 0.25) is 5.88 Å². The third kappa shape index (κ3) is 4.93. The van der Waals surface area contributed by atoms with Crippen LogP contribution in [0.5, 0.6) is 23.1 Å². The average Bonchev–Trinajstić information content (AvgIpc) is 2.78. The summed E-state index contributed by atoms with van der Waals surface area (Å²) in [6, 6.07) is 13.3. The Morgan fingerprint density at radius 1 is 1.03 bits per heavy atom. The number of ether oxygens (including phenoxy) is 4. The minimum atomic E-state index is 0.485. The summed E-state index contributed by atoms with van der Waals surface area (Å²) in [6.45, 7) is 5.20. The van der Waals surface area contributed by atoms with E-state index in [2.05, 4.69) is 14.9 Å². The quantitative estimate of drug-likeness (QED) is 0.541. The molecule has 0 amide bonds. The van der Waals surface area contributed by atoms with Crippen LogP contribution in [0.25, 0.3) is 10.9 Å². The minimum Gasteiger partial charge on any atom is -0.493 e. The van der Waals surface area contributed by atoms with Crippen molar-refractivity contribution in [2.24, 2.45) is 0 Å². The molecule has 0 aliphatic carbocycles. The molecule has 152 valence electrons. The lowest BCUT2D eigenvalue weighted by Gasteiger charge is -2.26. The maximum atomic E-state index is 6.00. The summed E-state index contributed by atoms with van der Waals surface area (Å²) >= 11 is 0. The Bertz CT molecular complexity index is 930. The zero-order chi connectivity index (χ0) is 19.9. The molecule has 1 saturated heterocycles. The van der Waals surface area contributed by atoms with Crippen LogP contribution in [0.4, 0.5) is 0 Å². The molecule has 7 nitrogen and oxygen atoms in total. The van der Waals surface area contributed by atoms with Crippen LogP contribution in [-0.2, 0) is 4.74 Å². The van der Waals surface area contributed by atoms with Gasteiger partial charge in [-0.2, -0.15) is 0 Å². The molecule has 3 aromatic rings. The number of nitrogens with zero attached hydrogens (tertiary/aromatic N) is 3. The number of aromatic nitrogens is 2. The standard InChI is InChI=1S/C22H25N3O4/c1-26-20-14-18-19(23-16-24-22(18)29-17-6-3-2-4-7-17)15-21(20)28-11-5-8-25-9-12-27-13-10-25/h2-4,6-7,14-16H,5,8-13H2,1H3. The SMILES string of the molecule is COc1cc2c(Oc3ccccc3)ncnc2cc1OCCCN1CCOCC1. The number of rotatable bonds is 8. The van der Waals surface area contributed by atoms with E-state index in [0.29, 0.717) is 24.0 Å². The number of methoxy groups -OCH3 is 1. The highest BCUT2D eigenvalue weighted by Crippen LogP contribution is 2.36. The molecule has 0 spiro atoms. The van der Waals surface area contributed by atoms with Crippen LogP contribution in [0.3, 0.4) is 0 Å². The monoisotopic (exact) mass is 395 g/mol. The Morgan fingerprint density at radius 3 is 2.66 bits per heavy atom. The molecule has 0 N–H and O–H groups in total. The van der Waals surface area contributed by atoms with Crippen LogP contribution < -0.4 is 14.2 Å². The third-order valence-corrected chi connectivity index (χ3v) is 4.82. The molecule has 0 unspecified atom stereocenters. The molecule has 0 saturated carbocycles. The molecule has 2 heterocycles. The van der Waals surface area contributed by atoms with Gasteiger partial charge in [0.05, 0.1) is 37.8 Å².